The van der Waals surface area contributed by atoms with Gasteiger partial charge >= 0.3 is 5.97 Å². The first-order chi connectivity index (χ1) is 17.8. The van der Waals surface area contributed by atoms with Crippen LogP contribution in [-0.4, -0.2) is 26.0 Å². The van der Waals surface area contributed by atoms with E-state index in [1.807, 2.05) is 12.1 Å². The van der Waals surface area contributed by atoms with Crippen molar-refractivity contribution in [1.82, 2.24) is 5.32 Å². The number of carbonyl (C=O) groups excluding carboxylic acids is 2. The summed E-state index contributed by atoms with van der Waals surface area (Å²) in [6.45, 7) is 1.83. The van der Waals surface area contributed by atoms with Crippen LogP contribution >= 0.6 is 11.6 Å². The molecule has 0 aromatic heterocycles. The molecule has 2 aliphatic rings. The normalized spacial score (nSPS) is 16.2. The van der Waals surface area contributed by atoms with E-state index in [1.54, 1.807) is 43.3 Å². The monoisotopic (exact) mass is 519 g/mol. The molecule has 1 aliphatic heterocycles. The molecular formula is C29H23ClFNO5. The summed E-state index contributed by atoms with van der Waals surface area (Å²) < 4.78 is 30.2. The lowest BCUT2D eigenvalue weighted by atomic mass is 9.79. The molecule has 3 aromatic carbocycles. The van der Waals surface area contributed by atoms with E-state index in [-0.39, 0.29) is 29.0 Å². The number of methoxy groups -OCH3 is 2. The lowest BCUT2D eigenvalue weighted by Crippen LogP contribution is -2.29. The minimum Gasteiger partial charge on any atom is -0.493 e. The average Bonchev–Trinajstić information content (AvgIpc) is 3.17. The highest BCUT2D eigenvalue weighted by molar-refractivity contribution is 6.32. The summed E-state index contributed by atoms with van der Waals surface area (Å²) in [5.41, 5.74) is 4.46. The van der Waals surface area contributed by atoms with Crippen molar-refractivity contribution in [1.29, 1.82) is 0 Å². The summed E-state index contributed by atoms with van der Waals surface area (Å²) in [6, 6.07) is 16.7. The molecule has 0 spiro atoms. The molecule has 188 valence electrons. The van der Waals surface area contributed by atoms with Gasteiger partial charge in [0.1, 0.15) is 12.4 Å². The van der Waals surface area contributed by atoms with E-state index in [0.717, 1.165) is 5.56 Å². The fourth-order valence-electron chi connectivity index (χ4n) is 4.87. The van der Waals surface area contributed by atoms with Crippen LogP contribution in [0.1, 0.15) is 39.9 Å². The number of fused-ring (bicyclic) bond motifs is 2. The molecule has 37 heavy (non-hydrogen) atoms. The maximum absolute atomic E-state index is 13.6. The molecule has 8 heteroatoms. The molecule has 0 saturated carbocycles. The third-order valence-electron chi connectivity index (χ3n) is 6.51. The Kier molecular flexibility index (Phi) is 6.48. The molecule has 0 radical (unpaired) electrons. The third-order valence-corrected chi connectivity index (χ3v) is 6.79. The Morgan fingerprint density at radius 3 is 2.51 bits per heavy atom. The van der Waals surface area contributed by atoms with Gasteiger partial charge < -0.3 is 19.5 Å². The van der Waals surface area contributed by atoms with Gasteiger partial charge in [0.2, 0.25) is 0 Å². The highest BCUT2D eigenvalue weighted by Crippen LogP contribution is 2.49. The Morgan fingerprint density at radius 2 is 1.81 bits per heavy atom. The number of ketones is 1. The van der Waals surface area contributed by atoms with E-state index in [9.17, 15) is 14.0 Å². The Hall–Kier alpha value is -4.10. The van der Waals surface area contributed by atoms with E-state index in [1.165, 1.54) is 26.4 Å². The van der Waals surface area contributed by atoms with E-state index in [2.05, 4.69) is 5.32 Å². The molecule has 1 aliphatic carbocycles. The smallest absolute Gasteiger partial charge is 0.336 e. The van der Waals surface area contributed by atoms with Crippen LogP contribution in [0.2, 0.25) is 5.02 Å². The number of carbonyl (C=O) groups is 2. The Bertz CT molecular complexity index is 1510. The highest BCUT2D eigenvalue weighted by Gasteiger charge is 2.43. The van der Waals surface area contributed by atoms with Gasteiger partial charge in [-0.2, -0.15) is 0 Å². The molecular weight excluding hydrogens is 497 g/mol. The molecule has 1 heterocycles. The number of nitrogens with one attached hydrogen (secondary N) is 1. The topological polar surface area (TPSA) is 73.9 Å². The lowest BCUT2D eigenvalue weighted by molar-refractivity contribution is -0.136. The zero-order valence-electron chi connectivity index (χ0n) is 20.4. The van der Waals surface area contributed by atoms with Crippen molar-refractivity contribution in [2.45, 2.75) is 19.4 Å². The minimum absolute atomic E-state index is 0.0655. The van der Waals surface area contributed by atoms with Crippen LogP contribution in [-0.2, 0) is 16.1 Å². The fourth-order valence-corrected chi connectivity index (χ4v) is 5.15. The van der Waals surface area contributed by atoms with E-state index in [4.69, 9.17) is 25.8 Å². The molecule has 5 rings (SSSR count). The zero-order valence-corrected chi connectivity index (χ0v) is 21.1. The number of hydrogen-bond donors (Lipinski definition) is 1. The number of halogens is 2. The molecule has 1 atom stereocenters. The van der Waals surface area contributed by atoms with Crippen molar-refractivity contribution in [3.63, 3.8) is 0 Å². The van der Waals surface area contributed by atoms with E-state index in [0.29, 0.717) is 45.0 Å². The van der Waals surface area contributed by atoms with Crippen molar-refractivity contribution < 1.29 is 28.2 Å². The average molecular weight is 520 g/mol. The van der Waals surface area contributed by atoms with Crippen LogP contribution < -0.4 is 14.8 Å². The van der Waals surface area contributed by atoms with Crippen molar-refractivity contribution in [2.75, 3.05) is 14.2 Å². The SMILES string of the molecule is COC(=O)C1=C(C)NC2=C(C(=O)c3ccccc32)C1c1cc(Cl)c(OCc2cccc(F)c2)c(OC)c1. The second-order valence-corrected chi connectivity index (χ2v) is 9.11. The number of dihydropyridines is 1. The van der Waals surface area contributed by atoms with Gasteiger partial charge in [-0.3, -0.25) is 4.79 Å². The zero-order chi connectivity index (χ0) is 26.3. The van der Waals surface area contributed by atoms with Crippen LogP contribution in [0, 0.1) is 5.82 Å². The van der Waals surface area contributed by atoms with Gasteiger partial charge in [0.25, 0.3) is 0 Å². The maximum Gasteiger partial charge on any atom is 0.336 e. The quantitative estimate of drug-likeness (QED) is 0.414. The summed E-state index contributed by atoms with van der Waals surface area (Å²) in [6.07, 6.45) is 0. The number of benzene rings is 3. The molecule has 1 unspecified atom stereocenters. The first-order valence-electron chi connectivity index (χ1n) is 11.5. The largest absolute Gasteiger partial charge is 0.493 e. The van der Waals surface area contributed by atoms with Crippen LogP contribution in [0.5, 0.6) is 11.5 Å². The molecule has 0 amide bonds. The van der Waals surface area contributed by atoms with Gasteiger partial charge in [0, 0.05) is 28.3 Å². The molecule has 1 N–H and O–H groups in total. The minimum atomic E-state index is -0.757. The van der Waals surface area contributed by atoms with Crippen molar-refractivity contribution in [3.8, 4) is 11.5 Å². The van der Waals surface area contributed by atoms with Gasteiger partial charge in [-0.25, -0.2) is 9.18 Å². The van der Waals surface area contributed by atoms with Gasteiger partial charge in [0.05, 0.1) is 30.5 Å². The van der Waals surface area contributed by atoms with Crippen molar-refractivity contribution in [3.05, 3.63) is 111 Å². The Morgan fingerprint density at radius 1 is 1.05 bits per heavy atom. The van der Waals surface area contributed by atoms with Crippen LogP contribution in [0.25, 0.3) is 5.70 Å². The number of allylic oxidation sites excluding steroid dienone is 2. The predicted molar refractivity (Wildman–Crippen MR) is 137 cm³/mol. The van der Waals surface area contributed by atoms with Gasteiger partial charge in [-0.05, 0) is 42.3 Å². The van der Waals surface area contributed by atoms with Gasteiger partial charge in [-0.1, -0.05) is 48.0 Å². The first-order valence-corrected chi connectivity index (χ1v) is 11.9. The summed E-state index contributed by atoms with van der Waals surface area (Å²) in [4.78, 5) is 26.5. The van der Waals surface area contributed by atoms with Crippen molar-refractivity contribution >= 4 is 29.1 Å². The number of ether oxygens (including phenoxy) is 3. The fraction of sp³-hybridized carbons (Fsp3) is 0.172. The van der Waals surface area contributed by atoms with Crippen LogP contribution in [0.3, 0.4) is 0 Å². The number of rotatable bonds is 6. The summed E-state index contributed by atoms with van der Waals surface area (Å²) in [5, 5.41) is 3.46. The maximum atomic E-state index is 13.6. The predicted octanol–water partition coefficient (Wildman–Crippen LogP) is 5.81. The second kappa shape index (κ2) is 9.75. The van der Waals surface area contributed by atoms with Crippen LogP contribution in [0.15, 0.2) is 77.5 Å². The molecule has 3 aromatic rings. The Labute approximate surface area is 218 Å². The van der Waals surface area contributed by atoms with Crippen LogP contribution in [0.4, 0.5) is 4.39 Å². The standard InChI is InChI=1S/C29H23ClFNO5/c1-15-23(29(34)36-3)24(25-26(32-15)19-9-4-5-10-20(19)27(25)33)17-12-21(30)28(22(13-17)35-2)37-14-16-7-6-8-18(31)11-16/h4-13,24,32H,14H2,1-3H3. The summed E-state index contributed by atoms with van der Waals surface area (Å²) in [5.74, 6) is -1.30. The lowest BCUT2D eigenvalue weighted by Gasteiger charge is -2.29. The first kappa shape index (κ1) is 24.6. The van der Waals surface area contributed by atoms with E-state index < -0.39 is 11.9 Å². The second-order valence-electron chi connectivity index (χ2n) is 8.70. The Balaban J connectivity index is 1.60. The van der Waals surface area contributed by atoms with E-state index >= 15 is 0 Å². The number of hydrogen-bond acceptors (Lipinski definition) is 6. The summed E-state index contributed by atoms with van der Waals surface area (Å²) in [7, 11) is 2.77. The van der Waals surface area contributed by atoms with Crippen molar-refractivity contribution in [2.24, 2.45) is 0 Å². The van der Waals surface area contributed by atoms with Gasteiger partial charge in [-0.15, -0.1) is 0 Å². The molecule has 0 fully saturated rings. The third kappa shape index (κ3) is 4.25. The summed E-state index contributed by atoms with van der Waals surface area (Å²) >= 11 is 6.67. The number of esters is 1. The highest BCUT2D eigenvalue weighted by atomic mass is 35.5. The molecule has 0 saturated heterocycles. The number of Topliss-reactive ketones (excluding diaryl/α,β-unsaturated/α-hetero) is 1. The molecule has 6 nitrogen and oxygen atoms in total. The van der Waals surface area contributed by atoms with Gasteiger partial charge in [0.15, 0.2) is 17.3 Å². The molecule has 0 bridgehead atoms.